The first kappa shape index (κ1) is 27.8. The molecule has 4 heterocycles. The number of benzene rings is 1. The molecule has 0 spiro atoms. The van der Waals surface area contributed by atoms with Crippen LogP contribution >= 0.6 is 0 Å². The van der Waals surface area contributed by atoms with E-state index in [0.29, 0.717) is 55.1 Å². The number of nitrogens with two attached hydrogens (primary N) is 1. The van der Waals surface area contributed by atoms with E-state index in [4.69, 9.17) is 15.2 Å². The van der Waals surface area contributed by atoms with E-state index in [2.05, 4.69) is 40.9 Å². The first-order valence-corrected chi connectivity index (χ1v) is 14.0. The maximum Gasteiger partial charge on any atom is 0.241 e. The third kappa shape index (κ3) is 6.19. The second-order valence-electron chi connectivity index (χ2n) is 11.4. The molecule has 2 aromatic rings. The fourth-order valence-corrected chi connectivity index (χ4v) is 5.97. The van der Waals surface area contributed by atoms with Crippen LogP contribution in [0.3, 0.4) is 0 Å². The van der Waals surface area contributed by atoms with Crippen molar-refractivity contribution in [2.75, 3.05) is 56.6 Å². The monoisotopic (exact) mass is 540 g/mol. The average molecular weight is 541 g/mol. The number of nitrogens with zero attached hydrogens (tertiary/aromatic N) is 4. The minimum absolute atomic E-state index is 0.0218. The number of aromatic nitrogens is 1. The van der Waals surface area contributed by atoms with Crippen LogP contribution in [0.4, 0.5) is 15.9 Å². The minimum Gasteiger partial charge on any atom is -0.474 e. The quantitative estimate of drug-likeness (QED) is 0.576. The Kier molecular flexibility index (Phi) is 8.37. The predicted molar refractivity (Wildman–Crippen MR) is 150 cm³/mol. The van der Waals surface area contributed by atoms with Gasteiger partial charge in [0.15, 0.2) is 0 Å². The Morgan fingerprint density at radius 1 is 1.10 bits per heavy atom. The van der Waals surface area contributed by atoms with E-state index in [1.165, 1.54) is 12.1 Å². The van der Waals surface area contributed by atoms with Gasteiger partial charge in [-0.3, -0.25) is 14.6 Å². The van der Waals surface area contributed by atoms with Crippen molar-refractivity contribution in [2.24, 2.45) is 0 Å². The molecule has 2 saturated heterocycles. The summed E-state index contributed by atoms with van der Waals surface area (Å²) in [5.41, 5.74) is 8.61. The Hall–Kier alpha value is -2.79. The third-order valence-corrected chi connectivity index (χ3v) is 8.16. The number of piperazine rings is 1. The second kappa shape index (κ2) is 11.8. The molecule has 2 fully saturated rings. The van der Waals surface area contributed by atoms with Crippen LogP contribution in [-0.4, -0.2) is 96.9 Å². The highest BCUT2D eigenvalue weighted by Gasteiger charge is 2.37. The molecule has 0 bridgehead atoms. The van der Waals surface area contributed by atoms with Crippen molar-refractivity contribution in [3.05, 3.63) is 47.3 Å². The highest BCUT2D eigenvalue weighted by Crippen LogP contribution is 2.36. The molecule has 0 saturated carbocycles. The lowest BCUT2D eigenvalue weighted by Gasteiger charge is -2.46. The van der Waals surface area contributed by atoms with Crippen LogP contribution in [-0.2, 0) is 16.0 Å². The van der Waals surface area contributed by atoms with E-state index >= 15 is 0 Å². The Morgan fingerprint density at radius 3 is 2.54 bits per heavy atom. The molecule has 1 aromatic heterocycles. The Labute approximate surface area is 230 Å². The van der Waals surface area contributed by atoms with Gasteiger partial charge in [-0.2, -0.15) is 4.98 Å². The number of pyridine rings is 1. The number of fused-ring (bicyclic) bond motifs is 1. The van der Waals surface area contributed by atoms with E-state index < -0.39 is 0 Å². The maximum absolute atomic E-state index is 14.0. The number of nitrogens with one attached hydrogen (secondary N) is 1. The van der Waals surface area contributed by atoms with Gasteiger partial charge in [-0.15, -0.1) is 0 Å². The summed E-state index contributed by atoms with van der Waals surface area (Å²) in [7, 11) is 0. The van der Waals surface area contributed by atoms with Crippen molar-refractivity contribution >= 4 is 17.4 Å². The maximum atomic E-state index is 14.0. The summed E-state index contributed by atoms with van der Waals surface area (Å²) in [5, 5.41) is 3.61. The molecule has 10 heteroatoms. The molecule has 5 rings (SSSR count). The van der Waals surface area contributed by atoms with Crippen molar-refractivity contribution < 1.29 is 18.7 Å². The number of hydrogen-bond acceptors (Lipinski definition) is 8. The highest BCUT2D eigenvalue weighted by atomic mass is 19.1. The predicted octanol–water partition coefficient (Wildman–Crippen LogP) is 2.28. The number of amides is 1. The molecule has 0 radical (unpaired) electrons. The standard InChI is InChI=1S/C29H41FN6O3/c1-18-12-34(25(11-32-18)13-35-19(2)15-38-16-20(35)3)14-27(37)36-21(4)17-39-29-26(36)10-23(28(31)33-29)9-22-5-7-24(30)8-6-22/h5-8,10,18-21,25,32H,9,11-17H2,1-4H3,(H2,31,33)/t18-,19-,20-,21+,25-/m1/s1. The molecule has 5 atom stereocenters. The van der Waals surface area contributed by atoms with Crippen molar-refractivity contribution in [3.63, 3.8) is 0 Å². The fraction of sp³-hybridized carbons (Fsp3) is 0.586. The third-order valence-electron chi connectivity index (χ3n) is 8.16. The minimum atomic E-state index is -0.285. The summed E-state index contributed by atoms with van der Waals surface area (Å²) in [6, 6.07) is 9.28. The number of ether oxygens (including phenoxy) is 2. The number of halogens is 1. The lowest BCUT2D eigenvalue weighted by atomic mass is 10.0. The Morgan fingerprint density at radius 2 is 1.82 bits per heavy atom. The zero-order valence-electron chi connectivity index (χ0n) is 23.4. The van der Waals surface area contributed by atoms with Crippen LogP contribution in [0.1, 0.15) is 38.8 Å². The van der Waals surface area contributed by atoms with Gasteiger partial charge in [-0.05, 0) is 51.5 Å². The van der Waals surface area contributed by atoms with Crippen molar-refractivity contribution in [1.82, 2.24) is 20.1 Å². The van der Waals surface area contributed by atoms with Crippen molar-refractivity contribution in [3.8, 4) is 5.88 Å². The molecule has 3 N–H and O–H groups in total. The van der Waals surface area contributed by atoms with Gasteiger partial charge in [0.25, 0.3) is 0 Å². The molecule has 39 heavy (non-hydrogen) atoms. The highest BCUT2D eigenvalue weighted by molar-refractivity contribution is 5.97. The van der Waals surface area contributed by atoms with Gasteiger partial charge in [-0.25, -0.2) is 4.39 Å². The molecule has 3 aliphatic heterocycles. The van der Waals surface area contributed by atoms with E-state index in [0.717, 1.165) is 44.0 Å². The fourth-order valence-electron chi connectivity index (χ4n) is 5.97. The van der Waals surface area contributed by atoms with Crippen LogP contribution in [0.5, 0.6) is 5.88 Å². The number of hydrogen-bond donors (Lipinski definition) is 2. The molecule has 0 unspecified atom stereocenters. The summed E-state index contributed by atoms with van der Waals surface area (Å²) < 4.78 is 25.0. The number of anilines is 2. The van der Waals surface area contributed by atoms with Gasteiger partial charge in [0.2, 0.25) is 11.8 Å². The van der Waals surface area contributed by atoms with Gasteiger partial charge in [0, 0.05) is 55.8 Å². The van der Waals surface area contributed by atoms with Crippen LogP contribution in [0, 0.1) is 5.82 Å². The molecule has 9 nitrogen and oxygen atoms in total. The van der Waals surface area contributed by atoms with Gasteiger partial charge < -0.3 is 25.4 Å². The van der Waals surface area contributed by atoms with Crippen LogP contribution in [0.15, 0.2) is 30.3 Å². The van der Waals surface area contributed by atoms with Gasteiger partial charge in [-0.1, -0.05) is 12.1 Å². The lowest BCUT2D eigenvalue weighted by molar-refractivity contribution is -0.122. The summed E-state index contributed by atoms with van der Waals surface area (Å²) in [4.78, 5) is 25.1. The molecule has 3 aliphatic rings. The number of rotatable bonds is 6. The largest absolute Gasteiger partial charge is 0.474 e. The number of carbonyl (C=O) groups excluding carboxylic acids is 1. The summed E-state index contributed by atoms with van der Waals surface area (Å²) in [6.45, 7) is 13.2. The van der Waals surface area contributed by atoms with Crippen molar-refractivity contribution in [1.29, 1.82) is 0 Å². The first-order chi connectivity index (χ1) is 18.7. The van der Waals surface area contributed by atoms with E-state index in [1.54, 1.807) is 12.1 Å². The molecule has 212 valence electrons. The van der Waals surface area contributed by atoms with Crippen LogP contribution in [0.2, 0.25) is 0 Å². The smallest absolute Gasteiger partial charge is 0.241 e. The number of morpholine rings is 1. The molecular formula is C29H41FN6O3. The summed E-state index contributed by atoms with van der Waals surface area (Å²) in [5.74, 6) is 0.466. The average Bonchev–Trinajstić information content (AvgIpc) is 2.89. The second-order valence-corrected chi connectivity index (χ2v) is 11.4. The lowest BCUT2D eigenvalue weighted by Crippen LogP contribution is -2.63. The van der Waals surface area contributed by atoms with Crippen LogP contribution < -0.4 is 20.7 Å². The van der Waals surface area contributed by atoms with Gasteiger partial charge in [0.1, 0.15) is 23.9 Å². The molecular weight excluding hydrogens is 499 g/mol. The van der Waals surface area contributed by atoms with Crippen LogP contribution in [0.25, 0.3) is 0 Å². The Bertz CT molecular complexity index is 1150. The Balaban J connectivity index is 1.36. The van der Waals surface area contributed by atoms with E-state index in [9.17, 15) is 9.18 Å². The SMILES string of the molecule is C[C@@H]1CN(CC(=O)N2c3cc(Cc4ccc(F)cc4)c(N)nc3OC[C@@H]2C)[C@@H](CN2[C@H](C)COC[C@H]2C)CN1. The first-order valence-electron chi connectivity index (χ1n) is 14.0. The molecule has 0 aliphatic carbocycles. The number of carbonyl (C=O) groups is 1. The van der Waals surface area contributed by atoms with Gasteiger partial charge >= 0.3 is 0 Å². The summed E-state index contributed by atoms with van der Waals surface area (Å²) >= 11 is 0. The summed E-state index contributed by atoms with van der Waals surface area (Å²) in [6.07, 6.45) is 0.482. The zero-order chi connectivity index (χ0) is 27.7. The van der Waals surface area contributed by atoms with E-state index in [-0.39, 0.29) is 23.8 Å². The molecule has 1 amide bonds. The van der Waals surface area contributed by atoms with Gasteiger partial charge in [0.05, 0.1) is 25.8 Å². The zero-order valence-corrected chi connectivity index (χ0v) is 23.4. The topological polar surface area (TPSA) is 96.2 Å². The van der Waals surface area contributed by atoms with Crippen molar-refractivity contribution in [2.45, 2.75) is 64.3 Å². The molecule has 1 aromatic carbocycles. The number of nitrogen functional groups attached to an aromatic ring is 1. The van der Waals surface area contributed by atoms with E-state index in [1.807, 2.05) is 17.9 Å². The normalized spacial score (nSPS) is 28.1.